The van der Waals surface area contributed by atoms with Crippen LogP contribution < -0.4 is 10.5 Å². The second-order valence-electron chi connectivity index (χ2n) is 3.59. The number of benzene rings is 1. The molecule has 0 unspecified atom stereocenters. The largest absolute Gasteiger partial charge is 0.461 e. The number of hydrogen-bond acceptors (Lipinski definition) is 2. The van der Waals surface area contributed by atoms with Gasteiger partial charge in [0.2, 0.25) is 0 Å². The lowest BCUT2D eigenvalue weighted by atomic mass is 10.0. The molecule has 7 heteroatoms. The maximum atomic E-state index is 12.8. The van der Waals surface area contributed by atoms with Crippen LogP contribution in [0.3, 0.4) is 0 Å². The van der Waals surface area contributed by atoms with E-state index >= 15 is 0 Å². The molecule has 0 spiro atoms. The molecule has 18 heavy (non-hydrogen) atoms. The van der Waals surface area contributed by atoms with Crippen molar-refractivity contribution in [3.63, 3.8) is 0 Å². The van der Waals surface area contributed by atoms with E-state index in [1.54, 1.807) is 0 Å². The topological polar surface area (TPSA) is 35.2 Å². The Morgan fingerprint density at radius 3 is 2.39 bits per heavy atom. The Hall–Kier alpha value is -1.37. The van der Waals surface area contributed by atoms with Gasteiger partial charge in [0.15, 0.2) is 0 Å². The highest BCUT2D eigenvalue weighted by Gasteiger charge is 2.44. The third-order valence-electron chi connectivity index (χ3n) is 2.24. The van der Waals surface area contributed by atoms with Crippen LogP contribution in [0.5, 0.6) is 5.75 Å². The van der Waals surface area contributed by atoms with E-state index < -0.39 is 31.0 Å². The van der Waals surface area contributed by atoms with Crippen LogP contribution in [0.4, 0.5) is 22.0 Å². The first-order valence-electron chi connectivity index (χ1n) is 5.14. The zero-order valence-corrected chi connectivity index (χ0v) is 9.25. The summed E-state index contributed by atoms with van der Waals surface area (Å²) in [7, 11) is 0. The molecule has 0 heterocycles. The molecule has 0 radical (unpaired) electrons. The van der Waals surface area contributed by atoms with E-state index in [1.807, 2.05) is 0 Å². The van der Waals surface area contributed by atoms with Crippen molar-refractivity contribution in [3.8, 4) is 5.75 Å². The van der Waals surface area contributed by atoms with E-state index in [1.165, 1.54) is 18.2 Å². The van der Waals surface area contributed by atoms with Crippen LogP contribution in [0.1, 0.15) is 18.0 Å². The van der Waals surface area contributed by atoms with Gasteiger partial charge >= 0.3 is 12.5 Å². The maximum absolute atomic E-state index is 12.8. The van der Waals surface area contributed by atoms with Crippen molar-refractivity contribution in [2.24, 2.45) is 5.73 Å². The predicted molar refractivity (Wildman–Crippen MR) is 55.5 cm³/mol. The number of nitrogens with two attached hydrogens (primary N) is 1. The van der Waals surface area contributed by atoms with Gasteiger partial charge in [-0.25, -0.2) is 0 Å². The zero-order chi connectivity index (χ0) is 13.8. The number of alkyl halides is 5. The molecule has 1 aromatic rings. The zero-order valence-electron chi connectivity index (χ0n) is 9.25. The van der Waals surface area contributed by atoms with E-state index in [-0.39, 0.29) is 12.0 Å². The minimum absolute atomic E-state index is 0.0653. The molecule has 2 nitrogen and oxygen atoms in total. The minimum atomic E-state index is -4.61. The fourth-order valence-corrected chi connectivity index (χ4v) is 1.34. The smallest absolute Gasteiger partial charge is 0.428 e. The highest BCUT2D eigenvalue weighted by Crippen LogP contribution is 2.32. The van der Waals surface area contributed by atoms with E-state index in [0.29, 0.717) is 0 Å². The molecular weight excluding hydrogens is 257 g/mol. The molecule has 0 aromatic heterocycles. The number of para-hydroxylation sites is 1. The minimum Gasteiger partial charge on any atom is -0.428 e. The highest BCUT2D eigenvalue weighted by atomic mass is 19.3. The average Bonchev–Trinajstić information content (AvgIpc) is 2.29. The monoisotopic (exact) mass is 269 g/mol. The van der Waals surface area contributed by atoms with Crippen LogP contribution in [-0.4, -0.2) is 19.2 Å². The van der Waals surface area contributed by atoms with Crippen molar-refractivity contribution in [1.29, 1.82) is 0 Å². The van der Waals surface area contributed by atoms with Crippen LogP contribution in [0, 0.1) is 0 Å². The maximum Gasteiger partial charge on any atom is 0.461 e. The second-order valence-corrected chi connectivity index (χ2v) is 3.59. The summed E-state index contributed by atoms with van der Waals surface area (Å²) < 4.78 is 65.7. The average molecular weight is 269 g/mol. The Bertz CT molecular complexity index is 385. The van der Waals surface area contributed by atoms with Crippen molar-refractivity contribution in [2.45, 2.75) is 25.0 Å². The summed E-state index contributed by atoms with van der Waals surface area (Å²) in [5.41, 5.74) is 5.61. The van der Waals surface area contributed by atoms with Crippen molar-refractivity contribution in [2.75, 3.05) is 6.67 Å². The summed E-state index contributed by atoms with van der Waals surface area (Å²) in [6, 6.07) is 4.34. The SMILES string of the molecule is N[C@H](CCF)c1ccccc1OC(F)(F)C(F)F. The number of hydrogen-bond donors (Lipinski definition) is 1. The molecule has 0 aliphatic heterocycles. The van der Waals surface area contributed by atoms with E-state index in [4.69, 9.17) is 5.73 Å². The van der Waals surface area contributed by atoms with Crippen LogP contribution in [0.15, 0.2) is 24.3 Å². The Balaban J connectivity index is 2.95. The van der Waals surface area contributed by atoms with E-state index in [2.05, 4.69) is 4.74 Å². The van der Waals surface area contributed by atoms with Gasteiger partial charge in [0, 0.05) is 11.6 Å². The molecule has 1 rings (SSSR count). The summed E-state index contributed by atoms with van der Waals surface area (Å²) in [6.45, 7) is -0.749. The summed E-state index contributed by atoms with van der Waals surface area (Å²) in [4.78, 5) is 0. The number of halogens is 5. The highest BCUT2D eigenvalue weighted by molar-refractivity contribution is 5.36. The molecule has 0 aliphatic rings. The van der Waals surface area contributed by atoms with Gasteiger partial charge in [0.05, 0.1) is 6.67 Å². The molecule has 1 aromatic carbocycles. The molecule has 1 atom stereocenters. The lowest BCUT2D eigenvalue weighted by Gasteiger charge is -2.21. The van der Waals surface area contributed by atoms with Crippen molar-refractivity contribution in [3.05, 3.63) is 29.8 Å². The van der Waals surface area contributed by atoms with Gasteiger partial charge in [-0.05, 0) is 12.5 Å². The molecule has 102 valence electrons. The number of ether oxygens (including phenoxy) is 1. The summed E-state index contributed by atoms with van der Waals surface area (Å²) in [5.74, 6) is -0.469. The van der Waals surface area contributed by atoms with Gasteiger partial charge in [-0.2, -0.15) is 17.6 Å². The van der Waals surface area contributed by atoms with Gasteiger partial charge in [-0.3, -0.25) is 4.39 Å². The summed E-state index contributed by atoms with van der Waals surface area (Å²) in [5, 5.41) is 0. The lowest BCUT2D eigenvalue weighted by Crippen LogP contribution is -2.34. The van der Waals surface area contributed by atoms with Crippen LogP contribution in [0.25, 0.3) is 0 Å². The fraction of sp³-hybridized carbons (Fsp3) is 0.455. The standard InChI is InChI=1S/C11H12F5NO/c12-6-5-8(17)7-3-1-2-4-9(7)18-11(15,16)10(13)14/h1-4,8,10H,5-6,17H2/t8-/m1/s1. The van der Waals surface area contributed by atoms with Crippen molar-refractivity contribution in [1.82, 2.24) is 0 Å². The van der Waals surface area contributed by atoms with Crippen LogP contribution >= 0.6 is 0 Å². The first-order valence-corrected chi connectivity index (χ1v) is 5.14. The molecule has 0 fully saturated rings. The third-order valence-corrected chi connectivity index (χ3v) is 2.24. The normalized spacial score (nSPS) is 13.7. The molecule has 0 amide bonds. The van der Waals surface area contributed by atoms with Gasteiger partial charge in [0.1, 0.15) is 5.75 Å². The Morgan fingerprint density at radius 2 is 1.83 bits per heavy atom. The Labute approximate surface area is 101 Å². The molecule has 0 bridgehead atoms. The van der Waals surface area contributed by atoms with Gasteiger partial charge in [-0.1, -0.05) is 18.2 Å². The summed E-state index contributed by atoms with van der Waals surface area (Å²) in [6.07, 6.45) is -8.67. The number of rotatable bonds is 6. The van der Waals surface area contributed by atoms with E-state index in [9.17, 15) is 22.0 Å². The Kier molecular flexibility index (Phi) is 4.89. The molecule has 2 N–H and O–H groups in total. The molecule has 0 aliphatic carbocycles. The first-order chi connectivity index (χ1) is 8.38. The molecular formula is C11H12F5NO. The summed E-state index contributed by atoms with van der Waals surface area (Å²) >= 11 is 0. The Morgan fingerprint density at radius 1 is 1.22 bits per heavy atom. The van der Waals surface area contributed by atoms with Crippen LogP contribution in [-0.2, 0) is 0 Å². The van der Waals surface area contributed by atoms with Crippen molar-refractivity contribution >= 4 is 0 Å². The molecule has 0 saturated heterocycles. The third kappa shape index (κ3) is 3.56. The van der Waals surface area contributed by atoms with Crippen molar-refractivity contribution < 1.29 is 26.7 Å². The second kappa shape index (κ2) is 5.99. The lowest BCUT2D eigenvalue weighted by molar-refractivity contribution is -0.253. The van der Waals surface area contributed by atoms with Gasteiger partial charge in [-0.15, -0.1) is 0 Å². The first kappa shape index (κ1) is 14.7. The van der Waals surface area contributed by atoms with Gasteiger partial charge in [0.25, 0.3) is 0 Å². The van der Waals surface area contributed by atoms with Gasteiger partial charge < -0.3 is 10.5 Å². The quantitative estimate of drug-likeness (QED) is 0.804. The fourth-order valence-electron chi connectivity index (χ4n) is 1.34. The van der Waals surface area contributed by atoms with E-state index in [0.717, 1.165) is 6.07 Å². The van der Waals surface area contributed by atoms with Crippen LogP contribution in [0.2, 0.25) is 0 Å². The predicted octanol–water partition coefficient (Wildman–Crippen LogP) is 3.28. The molecule has 0 saturated carbocycles.